The summed E-state index contributed by atoms with van der Waals surface area (Å²) in [7, 11) is 0. The molecule has 1 aromatic rings. The first-order valence-corrected chi connectivity index (χ1v) is 12.4. The van der Waals surface area contributed by atoms with Crippen LogP contribution in [0.5, 0.6) is 0 Å². The number of nitrogens with zero attached hydrogens (tertiary/aromatic N) is 2. The molecule has 1 saturated heterocycles. The van der Waals surface area contributed by atoms with Gasteiger partial charge >= 0.3 is 0 Å². The number of rotatable bonds is 4. The molecule has 5 atom stereocenters. The minimum atomic E-state index is -0.119. The number of nitrogens with one attached hydrogen (secondary N) is 2. The molecule has 1 aromatic heterocycles. The number of aryl methyl sites for hydroxylation is 1. The predicted molar refractivity (Wildman–Crippen MR) is 115 cm³/mol. The fourth-order valence-electron chi connectivity index (χ4n) is 5.96. The Hall–Kier alpha value is -1.83. The standard InChI is InChI=1S/C22H30N4O3S/c1-2-12-8-19(27)24-18-9-13(6-7-15(12)18)23-20(28)10-14-11-30-22-25-17-5-3-4-16(17)21(29)26(14)22/h12-15,18H,2-11H2,1H3,(H,23,28)(H,24,27). The van der Waals surface area contributed by atoms with Crippen LogP contribution in [0.1, 0.15) is 69.2 Å². The van der Waals surface area contributed by atoms with Crippen LogP contribution in [-0.2, 0) is 22.4 Å². The zero-order chi connectivity index (χ0) is 20.8. The SMILES string of the molecule is CCC1CC(=O)NC2CC(NC(=O)CC3CSc4nc5c(c(=O)n43)CCC5)CCC12. The van der Waals surface area contributed by atoms with Crippen molar-refractivity contribution in [3.05, 3.63) is 21.6 Å². The molecule has 2 aliphatic heterocycles. The predicted octanol–water partition coefficient (Wildman–Crippen LogP) is 1.97. The normalized spacial score (nSPS) is 32.2. The monoisotopic (exact) mass is 430 g/mol. The molecular weight excluding hydrogens is 400 g/mol. The van der Waals surface area contributed by atoms with Crippen LogP contribution in [0.3, 0.4) is 0 Å². The van der Waals surface area contributed by atoms with Gasteiger partial charge in [0.15, 0.2) is 5.16 Å². The number of carbonyl (C=O) groups is 2. The van der Waals surface area contributed by atoms with E-state index in [-0.39, 0.29) is 35.5 Å². The fraction of sp³-hybridized carbons (Fsp3) is 0.727. The third kappa shape index (κ3) is 3.57. The minimum absolute atomic E-state index is 0.00141. The lowest BCUT2D eigenvalue weighted by Crippen LogP contribution is -2.55. The summed E-state index contributed by atoms with van der Waals surface area (Å²) in [6.45, 7) is 2.16. The Morgan fingerprint density at radius 2 is 2.17 bits per heavy atom. The quantitative estimate of drug-likeness (QED) is 0.713. The van der Waals surface area contributed by atoms with Crippen LogP contribution < -0.4 is 16.2 Å². The van der Waals surface area contributed by atoms with Gasteiger partial charge in [0.1, 0.15) is 0 Å². The molecule has 162 valence electrons. The first-order valence-electron chi connectivity index (χ1n) is 11.4. The fourth-order valence-corrected chi connectivity index (χ4v) is 7.11. The molecule has 5 rings (SSSR count). The molecule has 8 heteroatoms. The molecule has 3 heterocycles. The van der Waals surface area contributed by atoms with Crippen LogP contribution in [0.25, 0.3) is 0 Å². The molecule has 0 aromatic carbocycles. The molecule has 7 nitrogen and oxygen atoms in total. The number of hydrogen-bond donors (Lipinski definition) is 2. The molecule has 30 heavy (non-hydrogen) atoms. The van der Waals surface area contributed by atoms with E-state index in [2.05, 4.69) is 22.5 Å². The highest BCUT2D eigenvalue weighted by Crippen LogP contribution is 2.37. The maximum absolute atomic E-state index is 12.9. The smallest absolute Gasteiger partial charge is 0.257 e. The Morgan fingerprint density at radius 1 is 1.30 bits per heavy atom. The first kappa shape index (κ1) is 20.1. The van der Waals surface area contributed by atoms with Crippen molar-refractivity contribution in [3.63, 3.8) is 0 Å². The molecule has 5 unspecified atom stereocenters. The van der Waals surface area contributed by atoms with Gasteiger partial charge in [-0.05, 0) is 50.4 Å². The van der Waals surface area contributed by atoms with Crippen molar-refractivity contribution in [1.29, 1.82) is 0 Å². The number of carbonyl (C=O) groups excluding carboxylic acids is 2. The summed E-state index contributed by atoms with van der Waals surface area (Å²) in [6, 6.07) is 0.150. The Balaban J connectivity index is 1.22. The van der Waals surface area contributed by atoms with Crippen molar-refractivity contribution in [3.8, 4) is 0 Å². The van der Waals surface area contributed by atoms with Crippen LogP contribution in [-0.4, -0.2) is 39.2 Å². The highest BCUT2D eigenvalue weighted by atomic mass is 32.2. The van der Waals surface area contributed by atoms with Crippen molar-refractivity contribution in [2.24, 2.45) is 11.8 Å². The lowest BCUT2D eigenvalue weighted by molar-refractivity contribution is -0.127. The minimum Gasteiger partial charge on any atom is -0.353 e. The summed E-state index contributed by atoms with van der Waals surface area (Å²) >= 11 is 1.59. The van der Waals surface area contributed by atoms with E-state index in [0.717, 1.165) is 67.1 Å². The second-order valence-corrected chi connectivity index (χ2v) is 10.3. The third-order valence-corrected chi connectivity index (χ3v) is 8.58. The van der Waals surface area contributed by atoms with Crippen LogP contribution in [0.4, 0.5) is 0 Å². The number of amides is 2. The lowest BCUT2D eigenvalue weighted by Gasteiger charge is -2.44. The molecule has 2 aliphatic carbocycles. The van der Waals surface area contributed by atoms with Crippen molar-refractivity contribution in [2.45, 2.75) is 88.0 Å². The van der Waals surface area contributed by atoms with Gasteiger partial charge in [-0.1, -0.05) is 25.1 Å². The van der Waals surface area contributed by atoms with Gasteiger partial charge in [0.2, 0.25) is 11.8 Å². The number of thioether (sulfide) groups is 1. The molecular formula is C22H30N4O3S. The van der Waals surface area contributed by atoms with E-state index in [4.69, 9.17) is 0 Å². The topological polar surface area (TPSA) is 93.1 Å². The van der Waals surface area contributed by atoms with Gasteiger partial charge in [-0.2, -0.15) is 0 Å². The van der Waals surface area contributed by atoms with E-state index in [1.165, 1.54) is 0 Å². The van der Waals surface area contributed by atoms with Gasteiger partial charge in [-0.25, -0.2) is 4.98 Å². The first-order chi connectivity index (χ1) is 14.5. The largest absolute Gasteiger partial charge is 0.353 e. The summed E-state index contributed by atoms with van der Waals surface area (Å²) in [4.78, 5) is 42.5. The summed E-state index contributed by atoms with van der Waals surface area (Å²) in [5, 5.41) is 7.12. The molecule has 0 bridgehead atoms. The number of piperidine rings is 1. The Bertz CT molecular complexity index is 930. The highest BCUT2D eigenvalue weighted by Gasteiger charge is 2.40. The molecule has 2 N–H and O–H groups in total. The maximum atomic E-state index is 12.9. The van der Waals surface area contributed by atoms with Gasteiger partial charge in [0.05, 0.1) is 11.7 Å². The van der Waals surface area contributed by atoms with E-state index in [1.807, 2.05) is 0 Å². The van der Waals surface area contributed by atoms with E-state index in [0.29, 0.717) is 24.7 Å². The van der Waals surface area contributed by atoms with Gasteiger partial charge in [0, 0.05) is 36.2 Å². The average molecular weight is 431 g/mol. The Kier molecular flexibility index (Phi) is 5.37. The van der Waals surface area contributed by atoms with E-state index in [1.54, 1.807) is 16.3 Å². The van der Waals surface area contributed by atoms with Gasteiger partial charge < -0.3 is 10.6 Å². The van der Waals surface area contributed by atoms with Crippen LogP contribution in [0.2, 0.25) is 0 Å². The summed E-state index contributed by atoms with van der Waals surface area (Å²) in [6.07, 6.45) is 7.51. The summed E-state index contributed by atoms with van der Waals surface area (Å²) in [5.74, 6) is 1.87. The van der Waals surface area contributed by atoms with Crippen molar-refractivity contribution >= 4 is 23.6 Å². The van der Waals surface area contributed by atoms with E-state index >= 15 is 0 Å². The molecule has 1 saturated carbocycles. The van der Waals surface area contributed by atoms with Gasteiger partial charge in [0.25, 0.3) is 5.56 Å². The zero-order valence-electron chi connectivity index (χ0n) is 17.5. The van der Waals surface area contributed by atoms with Crippen molar-refractivity contribution in [2.75, 3.05) is 5.75 Å². The molecule has 0 spiro atoms. The highest BCUT2D eigenvalue weighted by molar-refractivity contribution is 7.99. The number of fused-ring (bicyclic) bond motifs is 3. The maximum Gasteiger partial charge on any atom is 0.257 e. The van der Waals surface area contributed by atoms with Crippen LogP contribution in [0, 0.1) is 11.8 Å². The Labute approximate surface area is 180 Å². The van der Waals surface area contributed by atoms with Gasteiger partial charge in [-0.3, -0.25) is 19.0 Å². The third-order valence-electron chi connectivity index (χ3n) is 7.49. The summed E-state index contributed by atoms with van der Waals surface area (Å²) in [5.41, 5.74) is 1.87. The number of aromatic nitrogens is 2. The zero-order valence-corrected chi connectivity index (χ0v) is 18.3. The molecule has 2 amide bonds. The van der Waals surface area contributed by atoms with Crippen LogP contribution in [0.15, 0.2) is 9.95 Å². The Morgan fingerprint density at radius 3 is 3.00 bits per heavy atom. The van der Waals surface area contributed by atoms with Crippen molar-refractivity contribution in [1.82, 2.24) is 20.2 Å². The van der Waals surface area contributed by atoms with Crippen molar-refractivity contribution < 1.29 is 9.59 Å². The molecule has 0 radical (unpaired) electrons. The molecule has 4 aliphatic rings. The second kappa shape index (κ2) is 8.02. The van der Waals surface area contributed by atoms with E-state index in [9.17, 15) is 14.4 Å². The van der Waals surface area contributed by atoms with Gasteiger partial charge in [-0.15, -0.1) is 0 Å². The van der Waals surface area contributed by atoms with E-state index < -0.39 is 0 Å². The lowest BCUT2D eigenvalue weighted by atomic mass is 9.70. The molecule has 2 fully saturated rings. The van der Waals surface area contributed by atoms with Crippen LogP contribution >= 0.6 is 11.8 Å². The second-order valence-electron chi connectivity index (χ2n) is 9.31. The average Bonchev–Trinajstić information content (AvgIpc) is 3.34. The summed E-state index contributed by atoms with van der Waals surface area (Å²) < 4.78 is 1.76. The number of hydrogen-bond acceptors (Lipinski definition) is 5.